The molecule has 1 aromatic rings. The average molecular weight is 331 g/mol. The summed E-state index contributed by atoms with van der Waals surface area (Å²) in [6, 6.07) is 1.76. The second-order valence-electron chi connectivity index (χ2n) is 2.52. The maximum absolute atomic E-state index is 9.57. The smallest absolute Gasteiger partial charge is 0.115 e. The highest BCUT2D eigenvalue weighted by Gasteiger charge is 2.19. The molecular weight excluding hydrogens is 322 g/mol. The second kappa shape index (κ2) is 4.86. The Morgan fingerprint density at radius 2 is 2.08 bits per heavy atom. The maximum atomic E-state index is 9.57. The van der Waals surface area contributed by atoms with Gasteiger partial charge in [0.25, 0.3) is 0 Å². The van der Waals surface area contributed by atoms with Crippen LogP contribution in [0.2, 0.25) is 0 Å². The van der Waals surface area contributed by atoms with Crippen molar-refractivity contribution in [2.24, 2.45) is 5.73 Å². The lowest BCUT2D eigenvalue weighted by molar-refractivity contribution is 0.0265. The van der Waals surface area contributed by atoms with E-state index in [-0.39, 0.29) is 6.54 Å². The number of aliphatic hydroxyl groups is 2. The van der Waals surface area contributed by atoms with Crippen molar-refractivity contribution in [3.63, 3.8) is 0 Å². The van der Waals surface area contributed by atoms with Crippen LogP contribution in [-0.4, -0.2) is 22.9 Å². The topological polar surface area (TPSA) is 66.5 Å². The predicted octanol–water partition coefficient (Wildman–Crippen LogP) is 1.63. The predicted molar refractivity (Wildman–Crippen MR) is 59.7 cm³/mol. The third-order valence-electron chi connectivity index (χ3n) is 1.56. The van der Waals surface area contributed by atoms with Crippen LogP contribution in [0.15, 0.2) is 14.3 Å². The van der Waals surface area contributed by atoms with Gasteiger partial charge < -0.3 is 15.9 Å². The zero-order valence-electron chi connectivity index (χ0n) is 6.58. The van der Waals surface area contributed by atoms with E-state index in [2.05, 4.69) is 31.9 Å². The maximum Gasteiger partial charge on any atom is 0.115 e. The Bertz CT molecular complexity index is 273. The van der Waals surface area contributed by atoms with Crippen LogP contribution >= 0.6 is 43.2 Å². The Hall–Kier alpha value is 0.540. The number of hydrogen-bond donors (Lipinski definition) is 3. The fourth-order valence-electron chi connectivity index (χ4n) is 0.828. The molecular formula is C7H9Br2NO2S. The molecule has 4 N–H and O–H groups in total. The van der Waals surface area contributed by atoms with E-state index in [0.29, 0.717) is 4.88 Å². The Morgan fingerprint density at radius 3 is 2.46 bits per heavy atom. The van der Waals surface area contributed by atoms with Crippen LogP contribution in [0.1, 0.15) is 11.0 Å². The molecule has 0 aliphatic carbocycles. The summed E-state index contributed by atoms with van der Waals surface area (Å²) in [4.78, 5) is 0.691. The minimum atomic E-state index is -0.905. The summed E-state index contributed by atoms with van der Waals surface area (Å²) in [6.07, 6.45) is -1.81. The molecule has 0 amide bonds. The van der Waals surface area contributed by atoms with E-state index in [0.717, 1.165) is 8.26 Å². The van der Waals surface area contributed by atoms with Gasteiger partial charge in [0.2, 0.25) is 0 Å². The van der Waals surface area contributed by atoms with Crippen LogP contribution in [0.4, 0.5) is 0 Å². The Balaban J connectivity index is 2.82. The van der Waals surface area contributed by atoms with Crippen molar-refractivity contribution in [2.45, 2.75) is 12.2 Å². The molecule has 1 rings (SSSR count). The highest BCUT2D eigenvalue weighted by molar-refractivity contribution is 9.13. The van der Waals surface area contributed by atoms with Crippen molar-refractivity contribution >= 4 is 43.2 Å². The van der Waals surface area contributed by atoms with E-state index in [1.807, 2.05) is 0 Å². The summed E-state index contributed by atoms with van der Waals surface area (Å²) in [5.41, 5.74) is 5.23. The molecule has 0 bridgehead atoms. The van der Waals surface area contributed by atoms with Crippen LogP contribution in [0, 0.1) is 0 Å². The highest BCUT2D eigenvalue weighted by atomic mass is 79.9. The minimum Gasteiger partial charge on any atom is -0.389 e. The molecule has 2 atom stereocenters. The molecule has 0 aliphatic heterocycles. The molecule has 0 saturated carbocycles. The number of hydrogen-bond acceptors (Lipinski definition) is 4. The number of nitrogens with two attached hydrogens (primary N) is 1. The summed E-state index contributed by atoms with van der Waals surface area (Å²) >= 11 is 7.97. The molecule has 74 valence electrons. The summed E-state index contributed by atoms with van der Waals surface area (Å²) in [5.74, 6) is 0. The first kappa shape index (κ1) is 11.6. The van der Waals surface area contributed by atoms with Gasteiger partial charge in [0.05, 0.1) is 9.89 Å². The second-order valence-corrected chi connectivity index (χ2v) is 5.77. The molecule has 3 nitrogen and oxygen atoms in total. The molecule has 0 aliphatic rings. The van der Waals surface area contributed by atoms with Crippen LogP contribution in [0.5, 0.6) is 0 Å². The van der Waals surface area contributed by atoms with Gasteiger partial charge in [-0.25, -0.2) is 0 Å². The van der Waals surface area contributed by atoms with Gasteiger partial charge >= 0.3 is 0 Å². The molecule has 1 aromatic heterocycles. The van der Waals surface area contributed by atoms with Crippen molar-refractivity contribution in [3.05, 3.63) is 19.2 Å². The summed E-state index contributed by atoms with van der Waals surface area (Å²) < 4.78 is 1.77. The lowest BCUT2D eigenvalue weighted by Crippen LogP contribution is -2.26. The van der Waals surface area contributed by atoms with E-state index >= 15 is 0 Å². The van der Waals surface area contributed by atoms with Gasteiger partial charge in [0, 0.05) is 15.9 Å². The third kappa shape index (κ3) is 2.74. The standard InChI is InChI=1S/C7H9Br2NO2S/c8-3-1-5(13-7(3)9)6(12)4(11)2-10/h1,4,6,11-12H,2,10H2. The SMILES string of the molecule is NCC(O)C(O)c1cc(Br)c(Br)s1. The molecule has 6 heteroatoms. The molecule has 0 fully saturated rings. The van der Waals surface area contributed by atoms with Gasteiger partial charge in [-0.1, -0.05) is 0 Å². The Labute approximate surface area is 96.8 Å². The number of halogens is 2. The van der Waals surface area contributed by atoms with E-state index < -0.39 is 12.2 Å². The fraction of sp³-hybridized carbons (Fsp3) is 0.429. The zero-order valence-corrected chi connectivity index (χ0v) is 10.6. The van der Waals surface area contributed by atoms with Gasteiger partial charge in [-0.05, 0) is 37.9 Å². The van der Waals surface area contributed by atoms with Crippen LogP contribution in [-0.2, 0) is 0 Å². The molecule has 0 saturated heterocycles. The first-order valence-electron chi connectivity index (χ1n) is 3.57. The molecule has 0 spiro atoms. The van der Waals surface area contributed by atoms with E-state index in [9.17, 15) is 10.2 Å². The molecule has 0 radical (unpaired) electrons. The van der Waals surface area contributed by atoms with Gasteiger partial charge in [-0.15, -0.1) is 11.3 Å². The summed E-state index contributed by atoms with van der Waals surface area (Å²) in [5, 5.41) is 18.8. The van der Waals surface area contributed by atoms with Crippen molar-refractivity contribution < 1.29 is 10.2 Å². The zero-order chi connectivity index (χ0) is 10.0. The normalized spacial score (nSPS) is 15.8. The molecule has 1 heterocycles. The molecule has 0 aromatic carbocycles. The van der Waals surface area contributed by atoms with Gasteiger partial charge in [0.1, 0.15) is 6.10 Å². The lowest BCUT2D eigenvalue weighted by Gasteiger charge is -2.13. The summed E-state index contributed by atoms with van der Waals surface area (Å²) in [6.45, 7) is 0.0499. The Kier molecular flexibility index (Phi) is 4.34. The number of thiophene rings is 1. The monoisotopic (exact) mass is 329 g/mol. The number of aliphatic hydroxyl groups excluding tert-OH is 2. The fourth-order valence-corrected chi connectivity index (χ4v) is 2.96. The van der Waals surface area contributed by atoms with Crippen LogP contribution < -0.4 is 5.73 Å². The van der Waals surface area contributed by atoms with Crippen molar-refractivity contribution in [3.8, 4) is 0 Å². The van der Waals surface area contributed by atoms with Crippen molar-refractivity contribution in [1.29, 1.82) is 0 Å². The number of rotatable bonds is 3. The first-order chi connectivity index (χ1) is 6.06. The van der Waals surface area contributed by atoms with Gasteiger partial charge in [0.15, 0.2) is 0 Å². The largest absolute Gasteiger partial charge is 0.389 e. The van der Waals surface area contributed by atoms with E-state index in [1.54, 1.807) is 6.07 Å². The third-order valence-corrected chi connectivity index (χ3v) is 4.89. The molecule has 2 unspecified atom stereocenters. The van der Waals surface area contributed by atoms with E-state index in [1.165, 1.54) is 11.3 Å². The van der Waals surface area contributed by atoms with Gasteiger partial charge in [-0.2, -0.15) is 0 Å². The highest BCUT2D eigenvalue weighted by Crippen LogP contribution is 2.36. The first-order valence-corrected chi connectivity index (χ1v) is 5.97. The van der Waals surface area contributed by atoms with E-state index in [4.69, 9.17) is 5.73 Å². The minimum absolute atomic E-state index is 0.0499. The average Bonchev–Trinajstić information content (AvgIpc) is 2.44. The van der Waals surface area contributed by atoms with Crippen LogP contribution in [0.3, 0.4) is 0 Å². The Morgan fingerprint density at radius 1 is 1.46 bits per heavy atom. The van der Waals surface area contributed by atoms with Gasteiger partial charge in [-0.3, -0.25) is 0 Å². The summed E-state index contributed by atoms with van der Waals surface area (Å²) in [7, 11) is 0. The van der Waals surface area contributed by atoms with Crippen molar-refractivity contribution in [2.75, 3.05) is 6.54 Å². The lowest BCUT2D eigenvalue weighted by atomic mass is 10.2. The quantitative estimate of drug-likeness (QED) is 0.789. The van der Waals surface area contributed by atoms with Crippen molar-refractivity contribution in [1.82, 2.24) is 0 Å². The molecule has 13 heavy (non-hydrogen) atoms. The van der Waals surface area contributed by atoms with Crippen LogP contribution in [0.25, 0.3) is 0 Å².